The highest BCUT2D eigenvalue weighted by atomic mass is 127. The van der Waals surface area contributed by atoms with Gasteiger partial charge in [0.25, 0.3) is 0 Å². The lowest BCUT2D eigenvalue weighted by Crippen LogP contribution is -2.14. The molecule has 0 saturated carbocycles. The molecule has 0 N–H and O–H groups in total. The molecule has 1 aromatic carbocycles. The summed E-state index contributed by atoms with van der Waals surface area (Å²) in [6.45, 7) is 1.66. The van der Waals surface area contributed by atoms with Gasteiger partial charge in [-0.05, 0) is 65.1 Å². The summed E-state index contributed by atoms with van der Waals surface area (Å²) in [5.74, 6) is 0.524. The number of pyridine rings is 1. The maximum Gasteiger partial charge on any atom is 0.180 e. The first-order chi connectivity index (χ1) is 12.3. The molecule has 0 atom stereocenters. The standard InChI is InChI=1S/C18H17IN2O3S/c19-17-12-21(23-24-25-15-4-2-1-3-5-15)18-16(17)10-14(11-20-18)13-6-8-22-9-7-13/h1-5,10-13H,6-9H2. The maximum atomic E-state index is 5.45. The fourth-order valence-electron chi connectivity index (χ4n) is 2.93. The summed E-state index contributed by atoms with van der Waals surface area (Å²) in [4.78, 5) is 11.0. The van der Waals surface area contributed by atoms with E-state index in [1.807, 2.05) is 42.7 Å². The molecule has 0 radical (unpaired) electrons. The van der Waals surface area contributed by atoms with Gasteiger partial charge in [-0.2, -0.15) is 0 Å². The lowest BCUT2D eigenvalue weighted by Gasteiger charge is -2.22. The molecule has 1 aliphatic heterocycles. The molecular formula is C18H17IN2O3S. The second kappa shape index (κ2) is 7.94. The quantitative estimate of drug-likeness (QED) is 0.237. The molecule has 7 heteroatoms. The van der Waals surface area contributed by atoms with E-state index in [-0.39, 0.29) is 0 Å². The lowest BCUT2D eigenvalue weighted by molar-refractivity contribution is -0.188. The van der Waals surface area contributed by atoms with Gasteiger partial charge < -0.3 is 4.74 Å². The van der Waals surface area contributed by atoms with Crippen LogP contribution in [0.4, 0.5) is 0 Å². The SMILES string of the molecule is Ic1cn(OOSc2ccccc2)c2ncc(C3CCOCC3)cc12. The number of fused-ring (bicyclic) bond motifs is 1. The zero-order valence-electron chi connectivity index (χ0n) is 13.4. The molecule has 0 spiro atoms. The smallest absolute Gasteiger partial charge is 0.180 e. The minimum Gasteiger partial charge on any atom is -0.381 e. The second-order valence-electron chi connectivity index (χ2n) is 5.87. The highest BCUT2D eigenvalue weighted by molar-refractivity contribution is 14.1. The van der Waals surface area contributed by atoms with Gasteiger partial charge in [-0.3, -0.25) is 0 Å². The Hall–Kier alpha value is -1.29. The van der Waals surface area contributed by atoms with Crippen molar-refractivity contribution in [1.29, 1.82) is 0 Å². The summed E-state index contributed by atoms with van der Waals surface area (Å²) in [5.41, 5.74) is 2.03. The van der Waals surface area contributed by atoms with E-state index < -0.39 is 0 Å². The van der Waals surface area contributed by atoms with Crippen molar-refractivity contribution in [1.82, 2.24) is 9.71 Å². The van der Waals surface area contributed by atoms with Crippen LogP contribution < -0.4 is 4.99 Å². The third-order valence-electron chi connectivity index (χ3n) is 4.26. The average molecular weight is 468 g/mol. The topological polar surface area (TPSA) is 45.5 Å². The van der Waals surface area contributed by atoms with Crippen LogP contribution >= 0.6 is 34.6 Å². The molecule has 2 aromatic heterocycles. The zero-order chi connectivity index (χ0) is 17.1. The van der Waals surface area contributed by atoms with Gasteiger partial charge in [0.2, 0.25) is 0 Å². The Balaban J connectivity index is 1.50. The summed E-state index contributed by atoms with van der Waals surface area (Å²) >= 11 is 3.47. The normalized spacial score (nSPS) is 15.6. The van der Waals surface area contributed by atoms with Crippen molar-refractivity contribution in [2.75, 3.05) is 13.2 Å². The van der Waals surface area contributed by atoms with Gasteiger partial charge in [-0.1, -0.05) is 22.5 Å². The second-order valence-corrected chi connectivity index (χ2v) is 7.80. The predicted molar refractivity (Wildman–Crippen MR) is 105 cm³/mol. The van der Waals surface area contributed by atoms with E-state index >= 15 is 0 Å². The number of ether oxygens (including phenoxy) is 1. The van der Waals surface area contributed by atoms with Crippen molar-refractivity contribution in [2.24, 2.45) is 0 Å². The Morgan fingerprint density at radius 1 is 1.20 bits per heavy atom. The molecule has 4 rings (SSSR count). The summed E-state index contributed by atoms with van der Waals surface area (Å²) in [6, 6.07) is 12.0. The third-order valence-corrected chi connectivity index (χ3v) is 5.71. The van der Waals surface area contributed by atoms with Crippen LogP contribution in [0.3, 0.4) is 0 Å². The van der Waals surface area contributed by atoms with Crippen molar-refractivity contribution < 1.29 is 14.1 Å². The summed E-state index contributed by atoms with van der Waals surface area (Å²) in [7, 11) is 0. The number of halogens is 1. The number of nitrogens with zero attached hydrogens (tertiary/aromatic N) is 2. The van der Waals surface area contributed by atoms with Gasteiger partial charge in [0.05, 0.1) is 18.2 Å². The van der Waals surface area contributed by atoms with Gasteiger partial charge in [0.1, 0.15) is 0 Å². The zero-order valence-corrected chi connectivity index (χ0v) is 16.4. The van der Waals surface area contributed by atoms with Crippen molar-refractivity contribution in [3.05, 3.63) is 57.9 Å². The van der Waals surface area contributed by atoms with Crippen LogP contribution in [-0.4, -0.2) is 22.9 Å². The average Bonchev–Trinajstić information content (AvgIpc) is 2.99. The molecule has 25 heavy (non-hydrogen) atoms. The highest BCUT2D eigenvalue weighted by Crippen LogP contribution is 2.30. The Morgan fingerprint density at radius 3 is 2.80 bits per heavy atom. The minimum absolute atomic E-state index is 0.524. The molecule has 130 valence electrons. The van der Waals surface area contributed by atoms with E-state index in [0.717, 1.165) is 45.6 Å². The lowest BCUT2D eigenvalue weighted by atomic mass is 9.92. The molecule has 0 aliphatic carbocycles. The Morgan fingerprint density at radius 2 is 2.00 bits per heavy atom. The van der Waals surface area contributed by atoms with E-state index in [4.69, 9.17) is 14.1 Å². The Kier molecular flexibility index (Phi) is 5.45. The van der Waals surface area contributed by atoms with Gasteiger partial charge >= 0.3 is 0 Å². The van der Waals surface area contributed by atoms with Gasteiger partial charge in [-0.25, -0.2) is 9.97 Å². The predicted octanol–water partition coefficient (Wildman–Crippen LogP) is 4.60. The van der Waals surface area contributed by atoms with Crippen LogP contribution in [0, 0.1) is 3.57 Å². The van der Waals surface area contributed by atoms with E-state index in [1.165, 1.54) is 17.6 Å². The number of rotatable bonds is 5. The maximum absolute atomic E-state index is 5.45. The van der Waals surface area contributed by atoms with Crippen molar-refractivity contribution in [2.45, 2.75) is 23.7 Å². The molecule has 3 aromatic rings. The van der Waals surface area contributed by atoms with Crippen molar-refractivity contribution in [3.8, 4) is 0 Å². The Labute approximate surface area is 163 Å². The van der Waals surface area contributed by atoms with E-state index in [2.05, 4.69) is 33.6 Å². The van der Waals surface area contributed by atoms with Crippen LogP contribution in [-0.2, 0) is 9.07 Å². The van der Waals surface area contributed by atoms with Gasteiger partial charge in [-0.15, -0.1) is 4.73 Å². The first kappa shape index (κ1) is 17.1. The van der Waals surface area contributed by atoms with Crippen LogP contribution in [0.5, 0.6) is 0 Å². The van der Waals surface area contributed by atoms with Crippen LogP contribution in [0.25, 0.3) is 11.0 Å². The third kappa shape index (κ3) is 3.94. The molecule has 0 bridgehead atoms. The Bertz CT molecular complexity index is 850. The molecule has 1 fully saturated rings. The largest absolute Gasteiger partial charge is 0.381 e. The van der Waals surface area contributed by atoms with Crippen LogP contribution in [0.1, 0.15) is 24.3 Å². The van der Waals surface area contributed by atoms with E-state index in [9.17, 15) is 0 Å². The van der Waals surface area contributed by atoms with Crippen LogP contribution in [0.15, 0.2) is 53.7 Å². The number of benzene rings is 1. The highest BCUT2D eigenvalue weighted by Gasteiger charge is 2.18. The first-order valence-electron chi connectivity index (χ1n) is 8.12. The number of hydrogen-bond donors (Lipinski definition) is 0. The minimum atomic E-state index is 0.524. The molecule has 0 unspecified atom stereocenters. The summed E-state index contributed by atoms with van der Waals surface area (Å²) in [5, 5.41) is 1.08. The molecule has 1 aliphatic rings. The number of aromatic nitrogens is 2. The molecule has 3 heterocycles. The fourth-order valence-corrected chi connectivity index (χ4v) is 4.03. The van der Waals surface area contributed by atoms with Gasteiger partial charge in [0.15, 0.2) is 5.65 Å². The number of hydrogen-bond acceptors (Lipinski definition) is 5. The fraction of sp³-hybridized carbons (Fsp3) is 0.278. The molecule has 0 amide bonds. The molecular weight excluding hydrogens is 451 g/mol. The molecule has 1 saturated heterocycles. The van der Waals surface area contributed by atoms with E-state index in [1.54, 1.807) is 4.73 Å². The van der Waals surface area contributed by atoms with Crippen molar-refractivity contribution >= 4 is 45.7 Å². The van der Waals surface area contributed by atoms with E-state index in [0.29, 0.717) is 5.92 Å². The summed E-state index contributed by atoms with van der Waals surface area (Å²) in [6.07, 6.45) is 5.94. The monoisotopic (exact) mass is 468 g/mol. The first-order valence-corrected chi connectivity index (χ1v) is 9.94. The van der Waals surface area contributed by atoms with Crippen molar-refractivity contribution in [3.63, 3.8) is 0 Å². The summed E-state index contributed by atoms with van der Waals surface area (Å²) < 4.78 is 13.4. The van der Waals surface area contributed by atoms with Crippen LogP contribution in [0.2, 0.25) is 0 Å². The van der Waals surface area contributed by atoms with Gasteiger partial charge in [0, 0.05) is 33.3 Å². The molecule has 5 nitrogen and oxygen atoms in total.